The van der Waals surface area contributed by atoms with Crippen LogP contribution in [0.5, 0.6) is 11.5 Å². The first-order chi connectivity index (χ1) is 16.3. The van der Waals surface area contributed by atoms with Gasteiger partial charge in [-0.25, -0.2) is 0 Å². The van der Waals surface area contributed by atoms with Gasteiger partial charge in [0.15, 0.2) is 5.82 Å². The summed E-state index contributed by atoms with van der Waals surface area (Å²) in [6.45, 7) is 6.27. The standard InChI is InChI=1S/C24H32N4O6/c1-4-33-18-6-5-7-19(11-18)34-20-12-23(31)28(14-20)21(10-16(2)3)24(32)25-22-8-9-27(26-22)13-17(30)15-29/h5-9,11-12,16-17,21,29-30H,4,10,13-15H2,1-3H3,(H,25,26,32)/t17-,21+/m1/s1. The molecular weight excluding hydrogens is 440 g/mol. The molecule has 184 valence electrons. The first-order valence-electron chi connectivity index (χ1n) is 11.3. The molecule has 1 aromatic heterocycles. The van der Waals surface area contributed by atoms with Crippen molar-refractivity contribution in [3.05, 3.63) is 48.4 Å². The summed E-state index contributed by atoms with van der Waals surface area (Å²) in [6.07, 6.45) is 2.51. The smallest absolute Gasteiger partial charge is 0.251 e. The van der Waals surface area contributed by atoms with Crippen LogP contribution in [0.25, 0.3) is 0 Å². The van der Waals surface area contributed by atoms with Crippen LogP contribution < -0.4 is 14.8 Å². The van der Waals surface area contributed by atoms with E-state index in [1.54, 1.807) is 24.4 Å². The largest absolute Gasteiger partial charge is 0.494 e. The average Bonchev–Trinajstić information content (AvgIpc) is 3.37. The number of rotatable bonds is 12. The Morgan fingerprint density at radius 1 is 1.26 bits per heavy atom. The Morgan fingerprint density at radius 3 is 2.74 bits per heavy atom. The molecule has 2 atom stereocenters. The summed E-state index contributed by atoms with van der Waals surface area (Å²) >= 11 is 0. The van der Waals surface area contributed by atoms with Crippen LogP contribution in [0.15, 0.2) is 48.4 Å². The van der Waals surface area contributed by atoms with E-state index in [1.165, 1.54) is 15.7 Å². The molecule has 0 spiro atoms. The van der Waals surface area contributed by atoms with Gasteiger partial charge in [-0.05, 0) is 31.4 Å². The van der Waals surface area contributed by atoms with Crippen LogP contribution in [0.4, 0.5) is 5.82 Å². The fourth-order valence-electron chi connectivity index (χ4n) is 3.62. The number of benzene rings is 1. The molecule has 1 aliphatic heterocycles. The van der Waals surface area contributed by atoms with Crippen molar-refractivity contribution in [2.24, 2.45) is 5.92 Å². The van der Waals surface area contributed by atoms with Gasteiger partial charge in [0, 0.05) is 24.4 Å². The number of anilines is 1. The molecule has 0 unspecified atom stereocenters. The Morgan fingerprint density at radius 2 is 2.03 bits per heavy atom. The third-order valence-corrected chi connectivity index (χ3v) is 5.13. The van der Waals surface area contributed by atoms with Crippen LogP contribution in [-0.2, 0) is 16.1 Å². The molecular formula is C24H32N4O6. The molecule has 34 heavy (non-hydrogen) atoms. The highest BCUT2D eigenvalue weighted by Crippen LogP contribution is 2.25. The molecule has 10 nitrogen and oxygen atoms in total. The Balaban J connectivity index is 1.67. The summed E-state index contributed by atoms with van der Waals surface area (Å²) in [6, 6.07) is 8.04. The summed E-state index contributed by atoms with van der Waals surface area (Å²) in [5.74, 6) is 1.47. The minimum Gasteiger partial charge on any atom is -0.494 e. The van der Waals surface area contributed by atoms with Gasteiger partial charge >= 0.3 is 0 Å². The molecule has 2 heterocycles. The quantitative estimate of drug-likeness (QED) is 0.430. The van der Waals surface area contributed by atoms with Crippen molar-refractivity contribution in [2.45, 2.75) is 45.9 Å². The molecule has 0 fully saturated rings. The van der Waals surface area contributed by atoms with Crippen molar-refractivity contribution in [2.75, 3.05) is 25.1 Å². The highest BCUT2D eigenvalue weighted by Gasteiger charge is 2.35. The molecule has 2 aromatic rings. The molecule has 0 bridgehead atoms. The van der Waals surface area contributed by atoms with Crippen LogP contribution >= 0.6 is 0 Å². The zero-order chi connectivity index (χ0) is 24.7. The van der Waals surface area contributed by atoms with Gasteiger partial charge in [0.05, 0.1) is 32.4 Å². The highest BCUT2D eigenvalue weighted by atomic mass is 16.5. The van der Waals surface area contributed by atoms with E-state index < -0.39 is 12.1 Å². The summed E-state index contributed by atoms with van der Waals surface area (Å²) in [7, 11) is 0. The zero-order valence-electron chi connectivity index (χ0n) is 19.7. The average molecular weight is 473 g/mol. The van der Waals surface area contributed by atoms with Crippen LogP contribution in [0, 0.1) is 5.92 Å². The topological polar surface area (TPSA) is 126 Å². The maximum atomic E-state index is 13.1. The van der Waals surface area contributed by atoms with E-state index in [9.17, 15) is 14.7 Å². The fraction of sp³-hybridized carbons (Fsp3) is 0.458. The van der Waals surface area contributed by atoms with E-state index in [0.717, 1.165) is 0 Å². The lowest BCUT2D eigenvalue weighted by Crippen LogP contribution is -2.46. The van der Waals surface area contributed by atoms with Gasteiger partial charge in [0.25, 0.3) is 5.91 Å². The van der Waals surface area contributed by atoms with Crippen molar-refractivity contribution in [1.82, 2.24) is 14.7 Å². The summed E-state index contributed by atoms with van der Waals surface area (Å²) in [5.41, 5.74) is 0. The molecule has 0 saturated heterocycles. The number of nitrogens with zero attached hydrogens (tertiary/aromatic N) is 3. The van der Waals surface area contributed by atoms with Gasteiger partial charge in [-0.2, -0.15) is 5.10 Å². The number of amides is 2. The predicted molar refractivity (Wildman–Crippen MR) is 125 cm³/mol. The summed E-state index contributed by atoms with van der Waals surface area (Å²) in [4.78, 5) is 27.4. The number of ether oxygens (including phenoxy) is 2. The second-order valence-corrected chi connectivity index (χ2v) is 8.48. The molecule has 3 N–H and O–H groups in total. The van der Waals surface area contributed by atoms with Gasteiger partial charge < -0.3 is 29.9 Å². The number of hydrogen-bond donors (Lipinski definition) is 3. The number of hydrogen-bond acceptors (Lipinski definition) is 7. The molecule has 1 aromatic carbocycles. The predicted octanol–water partition coefficient (Wildman–Crippen LogP) is 1.79. The van der Waals surface area contributed by atoms with Gasteiger partial charge in [0.1, 0.15) is 23.3 Å². The number of aromatic nitrogens is 2. The maximum absolute atomic E-state index is 13.1. The summed E-state index contributed by atoms with van der Waals surface area (Å²) in [5, 5.41) is 25.5. The van der Waals surface area contributed by atoms with Crippen LogP contribution in [0.3, 0.4) is 0 Å². The van der Waals surface area contributed by atoms with Crippen molar-refractivity contribution in [1.29, 1.82) is 0 Å². The number of aliphatic hydroxyl groups excluding tert-OH is 2. The Kier molecular flexibility index (Phi) is 8.67. The third-order valence-electron chi connectivity index (χ3n) is 5.13. The monoisotopic (exact) mass is 472 g/mol. The second kappa shape index (κ2) is 11.7. The van der Waals surface area contributed by atoms with E-state index >= 15 is 0 Å². The van der Waals surface area contributed by atoms with Gasteiger partial charge in [-0.15, -0.1) is 0 Å². The lowest BCUT2D eigenvalue weighted by Gasteiger charge is -2.28. The molecule has 3 rings (SSSR count). The van der Waals surface area contributed by atoms with Crippen molar-refractivity contribution < 1.29 is 29.3 Å². The zero-order valence-corrected chi connectivity index (χ0v) is 19.7. The van der Waals surface area contributed by atoms with Gasteiger partial charge in [-0.1, -0.05) is 19.9 Å². The molecule has 0 saturated carbocycles. The highest BCUT2D eigenvalue weighted by molar-refractivity contribution is 5.99. The molecule has 0 aliphatic carbocycles. The molecule has 10 heteroatoms. The SMILES string of the molecule is CCOc1cccc(OC2=CC(=O)N([C@@H](CC(C)C)C(=O)Nc3ccn(C[C@@H](O)CO)n3)C2)c1. The Hall–Kier alpha value is -3.37. The van der Waals surface area contributed by atoms with Crippen molar-refractivity contribution in [3.63, 3.8) is 0 Å². The minimum absolute atomic E-state index is 0.0987. The van der Waals surface area contributed by atoms with Crippen LogP contribution in [-0.4, -0.2) is 68.6 Å². The van der Waals surface area contributed by atoms with E-state index in [4.69, 9.17) is 14.6 Å². The second-order valence-electron chi connectivity index (χ2n) is 8.48. The van der Waals surface area contributed by atoms with E-state index in [-0.39, 0.29) is 37.4 Å². The van der Waals surface area contributed by atoms with Crippen LogP contribution in [0.2, 0.25) is 0 Å². The number of aliphatic hydroxyl groups is 2. The molecule has 2 amide bonds. The number of carbonyl (C=O) groups is 2. The lowest BCUT2D eigenvalue weighted by molar-refractivity contribution is -0.133. The third kappa shape index (κ3) is 6.82. The summed E-state index contributed by atoms with van der Waals surface area (Å²) < 4.78 is 12.8. The van der Waals surface area contributed by atoms with E-state index in [2.05, 4.69) is 10.4 Å². The fourth-order valence-corrected chi connectivity index (χ4v) is 3.62. The van der Waals surface area contributed by atoms with E-state index in [0.29, 0.717) is 36.1 Å². The van der Waals surface area contributed by atoms with Crippen molar-refractivity contribution in [3.8, 4) is 11.5 Å². The number of nitrogens with one attached hydrogen (secondary N) is 1. The molecule has 1 aliphatic rings. The first-order valence-corrected chi connectivity index (χ1v) is 11.3. The lowest BCUT2D eigenvalue weighted by atomic mass is 10.0. The van der Waals surface area contributed by atoms with Crippen molar-refractivity contribution >= 4 is 17.6 Å². The van der Waals surface area contributed by atoms with Gasteiger partial charge in [0.2, 0.25) is 5.91 Å². The first kappa shape index (κ1) is 25.3. The number of carbonyl (C=O) groups excluding carboxylic acids is 2. The molecule has 0 radical (unpaired) electrons. The van der Waals surface area contributed by atoms with Gasteiger partial charge in [-0.3, -0.25) is 14.3 Å². The van der Waals surface area contributed by atoms with Crippen LogP contribution in [0.1, 0.15) is 27.2 Å². The minimum atomic E-state index is -0.946. The normalized spacial score (nSPS) is 15.3. The Bertz CT molecular complexity index is 1020. The maximum Gasteiger partial charge on any atom is 0.251 e. The Labute approximate surface area is 198 Å². The van der Waals surface area contributed by atoms with E-state index in [1.807, 2.05) is 32.9 Å².